The van der Waals surface area contributed by atoms with Crippen molar-refractivity contribution in [3.05, 3.63) is 71.8 Å². The molecule has 0 saturated heterocycles. The van der Waals surface area contributed by atoms with E-state index in [4.69, 9.17) is 9.47 Å². The van der Waals surface area contributed by atoms with Crippen molar-refractivity contribution >= 4 is 5.97 Å². The molecule has 31 heavy (non-hydrogen) atoms. The van der Waals surface area contributed by atoms with E-state index in [1.165, 1.54) is 12.1 Å². The van der Waals surface area contributed by atoms with E-state index >= 15 is 0 Å². The first kappa shape index (κ1) is 22.4. The minimum absolute atomic E-state index is 0.139. The molecule has 5 nitrogen and oxygen atoms in total. The predicted molar refractivity (Wildman–Crippen MR) is 118 cm³/mol. The van der Waals surface area contributed by atoms with Gasteiger partial charge in [0.05, 0.1) is 12.2 Å². The maximum Gasteiger partial charge on any atom is 0.346 e. The summed E-state index contributed by atoms with van der Waals surface area (Å²) in [4.78, 5) is 21.1. The summed E-state index contributed by atoms with van der Waals surface area (Å²) < 4.78 is 25.2. The zero-order valence-corrected chi connectivity index (χ0v) is 17.9. The van der Waals surface area contributed by atoms with E-state index in [2.05, 4.69) is 23.8 Å². The van der Waals surface area contributed by atoms with Crippen LogP contribution in [-0.2, 0) is 6.42 Å². The Hall–Kier alpha value is -3.28. The maximum absolute atomic E-state index is 14.4. The van der Waals surface area contributed by atoms with Crippen LogP contribution in [-0.4, -0.2) is 22.5 Å². The Morgan fingerprint density at radius 1 is 0.935 bits per heavy atom. The average molecular weight is 423 g/mol. The number of halogens is 1. The van der Waals surface area contributed by atoms with Gasteiger partial charge in [0, 0.05) is 24.0 Å². The molecule has 1 heterocycles. The smallest absolute Gasteiger partial charge is 0.346 e. The summed E-state index contributed by atoms with van der Waals surface area (Å²) >= 11 is 0. The molecule has 162 valence electrons. The van der Waals surface area contributed by atoms with Crippen molar-refractivity contribution in [2.75, 3.05) is 6.61 Å². The van der Waals surface area contributed by atoms with Crippen LogP contribution in [0.15, 0.2) is 54.9 Å². The Kier molecular flexibility index (Phi) is 8.10. The summed E-state index contributed by atoms with van der Waals surface area (Å²) in [6.07, 6.45) is 8.67. The Morgan fingerprint density at radius 2 is 1.65 bits per heavy atom. The van der Waals surface area contributed by atoms with Gasteiger partial charge in [0.15, 0.2) is 5.82 Å². The molecule has 0 aliphatic heterocycles. The number of benzene rings is 2. The third-order valence-electron chi connectivity index (χ3n) is 4.74. The van der Waals surface area contributed by atoms with Crippen molar-refractivity contribution in [2.24, 2.45) is 0 Å². The van der Waals surface area contributed by atoms with Crippen LogP contribution in [0.25, 0.3) is 11.4 Å². The van der Waals surface area contributed by atoms with Crippen LogP contribution in [0.1, 0.15) is 55.5 Å². The monoisotopic (exact) mass is 422 g/mol. The number of carbonyl (C=O) groups excluding carboxylic acids is 1. The number of unbranched alkanes of at least 4 members (excludes halogenated alkanes) is 2. The van der Waals surface area contributed by atoms with Gasteiger partial charge in [-0.1, -0.05) is 33.1 Å². The van der Waals surface area contributed by atoms with Gasteiger partial charge in [-0.25, -0.2) is 19.2 Å². The van der Waals surface area contributed by atoms with Gasteiger partial charge in [-0.2, -0.15) is 0 Å². The summed E-state index contributed by atoms with van der Waals surface area (Å²) in [5.74, 6) is -0.119. The van der Waals surface area contributed by atoms with E-state index in [0.717, 1.165) is 43.2 Å². The third-order valence-corrected chi connectivity index (χ3v) is 4.74. The van der Waals surface area contributed by atoms with Gasteiger partial charge in [-0.3, -0.25) is 0 Å². The molecule has 1 aromatic heterocycles. The molecule has 6 heteroatoms. The number of rotatable bonds is 10. The van der Waals surface area contributed by atoms with Crippen LogP contribution in [0.2, 0.25) is 0 Å². The fourth-order valence-corrected chi connectivity index (χ4v) is 3.05. The van der Waals surface area contributed by atoms with Gasteiger partial charge < -0.3 is 9.47 Å². The standard InChI is InChI=1S/C25H27FN2O3/c1-3-5-6-14-30-21-12-13-22(23(26)15-21)25(29)31-20-10-8-19(9-11-20)24-27-16-18(7-4-2)17-28-24/h8-13,15-17H,3-7,14H2,1-2H3. The van der Waals surface area contributed by atoms with E-state index in [1.54, 1.807) is 30.3 Å². The van der Waals surface area contributed by atoms with E-state index in [9.17, 15) is 9.18 Å². The molecule has 0 atom stereocenters. The fourth-order valence-electron chi connectivity index (χ4n) is 3.05. The van der Waals surface area contributed by atoms with E-state index in [-0.39, 0.29) is 5.56 Å². The lowest BCUT2D eigenvalue weighted by atomic mass is 10.1. The molecule has 0 radical (unpaired) electrons. The van der Waals surface area contributed by atoms with Gasteiger partial charge in [-0.05, 0) is 54.8 Å². The molecule has 0 fully saturated rings. The van der Waals surface area contributed by atoms with Crippen LogP contribution in [0.3, 0.4) is 0 Å². The zero-order valence-electron chi connectivity index (χ0n) is 17.9. The van der Waals surface area contributed by atoms with Crippen molar-refractivity contribution < 1.29 is 18.7 Å². The Morgan fingerprint density at radius 3 is 2.29 bits per heavy atom. The van der Waals surface area contributed by atoms with Crippen LogP contribution in [0.4, 0.5) is 4.39 Å². The third kappa shape index (κ3) is 6.35. The molecule has 0 bridgehead atoms. The van der Waals surface area contributed by atoms with Crippen molar-refractivity contribution in [1.29, 1.82) is 0 Å². The predicted octanol–water partition coefficient (Wildman–Crippen LogP) is 6.02. The summed E-state index contributed by atoms with van der Waals surface area (Å²) in [5.41, 5.74) is 1.76. The SMILES string of the molecule is CCCCCOc1ccc(C(=O)Oc2ccc(-c3ncc(CCC)cn3)cc2)c(F)c1. The normalized spacial score (nSPS) is 10.7. The van der Waals surface area contributed by atoms with Crippen molar-refractivity contribution in [2.45, 2.75) is 46.0 Å². The number of aromatic nitrogens is 2. The van der Waals surface area contributed by atoms with Gasteiger partial charge in [0.1, 0.15) is 17.3 Å². The number of carbonyl (C=O) groups is 1. The lowest BCUT2D eigenvalue weighted by Gasteiger charge is -2.09. The largest absolute Gasteiger partial charge is 0.493 e. The molecule has 3 aromatic rings. The summed E-state index contributed by atoms with van der Waals surface area (Å²) in [5, 5.41) is 0. The van der Waals surface area contributed by atoms with E-state index < -0.39 is 11.8 Å². The van der Waals surface area contributed by atoms with Gasteiger partial charge >= 0.3 is 5.97 Å². The molecule has 0 N–H and O–H groups in total. The van der Waals surface area contributed by atoms with Crippen LogP contribution < -0.4 is 9.47 Å². The topological polar surface area (TPSA) is 61.3 Å². The molecule has 0 aliphatic carbocycles. The highest BCUT2D eigenvalue weighted by molar-refractivity contribution is 5.91. The number of esters is 1. The van der Waals surface area contributed by atoms with Gasteiger partial charge in [0.2, 0.25) is 0 Å². The highest BCUT2D eigenvalue weighted by Gasteiger charge is 2.15. The molecular formula is C25H27FN2O3. The number of hydrogen-bond acceptors (Lipinski definition) is 5. The fraction of sp³-hybridized carbons (Fsp3) is 0.320. The number of aryl methyl sites for hydroxylation is 1. The van der Waals surface area contributed by atoms with Crippen LogP contribution in [0, 0.1) is 5.82 Å². The summed E-state index contributed by atoms with van der Waals surface area (Å²) in [7, 11) is 0. The lowest BCUT2D eigenvalue weighted by molar-refractivity contribution is 0.0730. The minimum atomic E-state index is -0.761. The molecule has 0 unspecified atom stereocenters. The molecule has 0 amide bonds. The van der Waals surface area contributed by atoms with Gasteiger partial charge in [0.25, 0.3) is 0 Å². The Labute approximate surface area is 182 Å². The zero-order chi connectivity index (χ0) is 22.1. The molecule has 0 spiro atoms. The summed E-state index contributed by atoms with van der Waals surface area (Å²) in [6, 6.07) is 11.0. The Bertz CT molecular complexity index is 989. The lowest BCUT2D eigenvalue weighted by Crippen LogP contribution is -2.11. The van der Waals surface area contributed by atoms with E-state index in [0.29, 0.717) is 23.9 Å². The highest BCUT2D eigenvalue weighted by Crippen LogP contribution is 2.22. The Balaban J connectivity index is 1.61. The number of hydrogen-bond donors (Lipinski definition) is 0. The number of ether oxygens (including phenoxy) is 2. The van der Waals surface area contributed by atoms with Crippen molar-refractivity contribution in [1.82, 2.24) is 9.97 Å². The highest BCUT2D eigenvalue weighted by atomic mass is 19.1. The second-order valence-electron chi connectivity index (χ2n) is 7.28. The van der Waals surface area contributed by atoms with Gasteiger partial charge in [-0.15, -0.1) is 0 Å². The minimum Gasteiger partial charge on any atom is -0.493 e. The first-order valence-electron chi connectivity index (χ1n) is 10.7. The maximum atomic E-state index is 14.4. The molecule has 0 saturated carbocycles. The second kappa shape index (κ2) is 11.2. The quantitative estimate of drug-likeness (QED) is 0.227. The first-order chi connectivity index (χ1) is 15.1. The number of nitrogens with zero attached hydrogens (tertiary/aromatic N) is 2. The molecule has 2 aromatic carbocycles. The first-order valence-corrected chi connectivity index (χ1v) is 10.7. The van der Waals surface area contributed by atoms with Crippen molar-refractivity contribution in [3.63, 3.8) is 0 Å². The molecule has 3 rings (SSSR count). The second-order valence-corrected chi connectivity index (χ2v) is 7.28. The van der Waals surface area contributed by atoms with Crippen LogP contribution in [0.5, 0.6) is 11.5 Å². The molecular weight excluding hydrogens is 395 g/mol. The van der Waals surface area contributed by atoms with E-state index in [1.807, 2.05) is 12.4 Å². The summed E-state index contributed by atoms with van der Waals surface area (Å²) in [6.45, 7) is 4.73. The van der Waals surface area contributed by atoms with Crippen molar-refractivity contribution in [3.8, 4) is 22.9 Å². The molecule has 0 aliphatic rings. The van der Waals surface area contributed by atoms with Crippen LogP contribution >= 0.6 is 0 Å². The average Bonchev–Trinajstić information content (AvgIpc) is 2.78.